The zero-order valence-corrected chi connectivity index (χ0v) is 20.9. The van der Waals surface area contributed by atoms with Gasteiger partial charge in [-0.1, -0.05) is 12.1 Å². The smallest absolute Gasteiger partial charge is 0.407 e. The van der Waals surface area contributed by atoms with E-state index in [1.54, 1.807) is 41.5 Å². The Kier molecular flexibility index (Phi) is 9.44. The average molecular weight is 468 g/mol. The minimum Gasteiger partial charge on any atom is -0.444 e. The first-order chi connectivity index (χ1) is 15.0. The topological polar surface area (TPSA) is 152 Å². The highest BCUT2D eigenvalue weighted by Crippen LogP contribution is 2.11. The van der Waals surface area contributed by atoms with Gasteiger partial charge in [-0.15, -0.1) is 0 Å². The molecule has 0 aromatic carbocycles. The van der Waals surface area contributed by atoms with Crippen molar-refractivity contribution in [3.8, 4) is 0 Å². The maximum Gasteiger partial charge on any atom is 0.407 e. The number of carbonyl (C=O) groups excluding carboxylic acids is 4. The molecule has 0 saturated carbocycles. The summed E-state index contributed by atoms with van der Waals surface area (Å²) in [5, 5.41) is 14.3. The van der Waals surface area contributed by atoms with Gasteiger partial charge in [0.25, 0.3) is 5.91 Å². The first-order valence-corrected chi connectivity index (χ1v) is 10.8. The van der Waals surface area contributed by atoms with Crippen LogP contribution in [0.15, 0.2) is 10.6 Å². The largest absolute Gasteiger partial charge is 0.444 e. The Bertz CT molecular complexity index is 852. The molecule has 0 bridgehead atoms. The Labute approximate surface area is 194 Å². The van der Waals surface area contributed by atoms with Gasteiger partial charge >= 0.3 is 6.09 Å². The highest BCUT2D eigenvalue weighted by atomic mass is 16.6. The van der Waals surface area contributed by atoms with Crippen LogP contribution < -0.4 is 21.3 Å². The fourth-order valence-electron chi connectivity index (χ4n) is 2.68. The van der Waals surface area contributed by atoms with Crippen molar-refractivity contribution in [1.29, 1.82) is 0 Å². The van der Waals surface area contributed by atoms with Crippen LogP contribution in [0, 0.1) is 12.8 Å². The number of nitrogens with one attached hydrogen (secondary N) is 4. The number of rotatable bonds is 8. The van der Waals surface area contributed by atoms with Crippen LogP contribution in [0.5, 0.6) is 0 Å². The quantitative estimate of drug-likeness (QED) is 0.454. The van der Waals surface area contributed by atoms with E-state index in [1.807, 2.05) is 20.8 Å². The Hall–Kier alpha value is -3.11. The van der Waals surface area contributed by atoms with E-state index >= 15 is 0 Å². The monoisotopic (exact) mass is 467 g/mol. The number of aryl methyl sites for hydroxylation is 1. The molecule has 1 unspecified atom stereocenters. The number of aromatic nitrogens is 1. The molecule has 0 aliphatic heterocycles. The van der Waals surface area contributed by atoms with Crippen molar-refractivity contribution in [3.63, 3.8) is 0 Å². The lowest BCUT2D eigenvalue weighted by molar-refractivity contribution is -0.133. The fourth-order valence-corrected chi connectivity index (χ4v) is 2.68. The summed E-state index contributed by atoms with van der Waals surface area (Å²) in [5.41, 5.74) is -1.18. The molecule has 0 aliphatic rings. The summed E-state index contributed by atoms with van der Waals surface area (Å²) in [7, 11) is 0. The number of alkyl carbamates (subject to hydrolysis) is 1. The second-order valence-corrected chi connectivity index (χ2v) is 10.1. The number of nitrogens with zero attached hydrogens (tertiary/aromatic N) is 1. The third-order valence-electron chi connectivity index (χ3n) is 4.18. The summed E-state index contributed by atoms with van der Waals surface area (Å²) < 4.78 is 10.1. The van der Waals surface area contributed by atoms with Crippen LogP contribution in [0.3, 0.4) is 0 Å². The van der Waals surface area contributed by atoms with Crippen LogP contribution in [0.2, 0.25) is 0 Å². The van der Waals surface area contributed by atoms with E-state index < -0.39 is 53.0 Å². The van der Waals surface area contributed by atoms with Crippen LogP contribution in [-0.4, -0.2) is 58.7 Å². The van der Waals surface area contributed by atoms with Crippen LogP contribution in [0.25, 0.3) is 0 Å². The lowest BCUT2D eigenvalue weighted by Gasteiger charge is -2.28. The molecule has 11 nitrogen and oxygen atoms in total. The highest BCUT2D eigenvalue weighted by molar-refractivity contribution is 5.98. The Morgan fingerprint density at radius 3 is 2.12 bits per heavy atom. The molecule has 0 aliphatic carbocycles. The zero-order valence-electron chi connectivity index (χ0n) is 20.9. The lowest BCUT2D eigenvalue weighted by Crippen LogP contribution is -2.57. The first kappa shape index (κ1) is 27.9. The van der Waals surface area contributed by atoms with Crippen molar-refractivity contribution >= 4 is 23.8 Å². The third kappa shape index (κ3) is 10.4. The van der Waals surface area contributed by atoms with Crippen LogP contribution >= 0.6 is 0 Å². The van der Waals surface area contributed by atoms with Crippen LogP contribution in [0.4, 0.5) is 4.79 Å². The molecule has 1 heterocycles. The standard InChI is InChI=1S/C22H37N5O6/c1-12(11-23-20(31)32-22(7,8)9)24-19(30)16(14(3)17(28)26-21(4,5)6)25-18(29)15-10-13(2)33-27-15/h10,12,14,16H,11H2,1-9H3,(H,23,31)(H,24,30)(H,25,29)(H,26,28)/t12-,14-,16?/m1/s1. The van der Waals surface area contributed by atoms with E-state index in [4.69, 9.17) is 9.26 Å². The molecule has 186 valence electrons. The summed E-state index contributed by atoms with van der Waals surface area (Å²) in [5.74, 6) is -2.10. The summed E-state index contributed by atoms with van der Waals surface area (Å²) in [4.78, 5) is 50.2. The van der Waals surface area contributed by atoms with Gasteiger partial charge in [0.2, 0.25) is 11.8 Å². The van der Waals surface area contributed by atoms with Crippen LogP contribution in [0.1, 0.15) is 71.6 Å². The van der Waals surface area contributed by atoms with Gasteiger partial charge < -0.3 is 30.5 Å². The van der Waals surface area contributed by atoms with Gasteiger partial charge in [-0.05, 0) is 55.4 Å². The van der Waals surface area contributed by atoms with Crippen molar-refractivity contribution in [2.45, 2.75) is 85.5 Å². The molecule has 1 rings (SSSR count). The normalized spacial score (nSPS) is 14.5. The second-order valence-electron chi connectivity index (χ2n) is 10.1. The molecule has 33 heavy (non-hydrogen) atoms. The van der Waals surface area contributed by atoms with Gasteiger partial charge in [-0.2, -0.15) is 0 Å². The average Bonchev–Trinajstić information content (AvgIpc) is 3.07. The summed E-state index contributed by atoms with van der Waals surface area (Å²) in [6.07, 6.45) is -0.618. The molecule has 0 spiro atoms. The maximum atomic E-state index is 13.0. The molecule has 4 N–H and O–H groups in total. The first-order valence-electron chi connectivity index (χ1n) is 10.8. The summed E-state index contributed by atoms with van der Waals surface area (Å²) in [6, 6.07) is -0.269. The van der Waals surface area contributed by atoms with E-state index in [-0.39, 0.29) is 12.2 Å². The lowest BCUT2D eigenvalue weighted by atomic mass is 9.97. The number of carbonyl (C=O) groups is 4. The maximum absolute atomic E-state index is 13.0. The van der Waals surface area contributed by atoms with E-state index in [9.17, 15) is 19.2 Å². The molecule has 1 aromatic rings. The Morgan fingerprint density at radius 2 is 1.64 bits per heavy atom. The highest BCUT2D eigenvalue weighted by Gasteiger charge is 2.34. The molecule has 0 radical (unpaired) electrons. The van der Waals surface area contributed by atoms with E-state index in [0.717, 1.165) is 0 Å². The summed E-state index contributed by atoms with van der Waals surface area (Å²) >= 11 is 0. The molecule has 4 amide bonds. The van der Waals surface area contributed by atoms with E-state index in [1.165, 1.54) is 6.07 Å². The number of amides is 4. The van der Waals surface area contributed by atoms with Crippen molar-refractivity contribution in [2.24, 2.45) is 5.92 Å². The molecule has 3 atom stereocenters. The van der Waals surface area contributed by atoms with Gasteiger partial charge in [0.15, 0.2) is 5.69 Å². The molecular weight excluding hydrogens is 430 g/mol. The predicted molar refractivity (Wildman–Crippen MR) is 121 cm³/mol. The molecule has 0 fully saturated rings. The molecule has 0 saturated heterocycles. The van der Waals surface area contributed by atoms with Crippen molar-refractivity contribution in [3.05, 3.63) is 17.5 Å². The van der Waals surface area contributed by atoms with Gasteiger partial charge in [0.05, 0.1) is 5.92 Å². The number of ether oxygens (including phenoxy) is 1. The second kappa shape index (κ2) is 11.2. The zero-order chi connectivity index (χ0) is 25.6. The number of hydrogen-bond donors (Lipinski definition) is 4. The third-order valence-corrected chi connectivity index (χ3v) is 4.18. The van der Waals surface area contributed by atoms with Gasteiger partial charge in [0.1, 0.15) is 17.4 Å². The Balaban J connectivity index is 2.90. The predicted octanol–water partition coefficient (Wildman–Crippen LogP) is 1.66. The van der Waals surface area contributed by atoms with Crippen molar-refractivity contribution in [1.82, 2.24) is 26.4 Å². The van der Waals surface area contributed by atoms with E-state index in [2.05, 4.69) is 26.4 Å². The molecule has 11 heteroatoms. The van der Waals surface area contributed by atoms with Crippen molar-refractivity contribution in [2.75, 3.05) is 6.54 Å². The van der Waals surface area contributed by atoms with Crippen molar-refractivity contribution < 1.29 is 28.4 Å². The van der Waals surface area contributed by atoms with Gasteiger partial charge in [0, 0.05) is 24.2 Å². The SMILES string of the molecule is Cc1cc(C(=O)NC(C(=O)N[C@H](C)CNC(=O)OC(C)(C)C)[C@@H](C)C(=O)NC(C)(C)C)no1. The summed E-state index contributed by atoms with van der Waals surface area (Å²) in [6.45, 7) is 15.6. The van der Waals surface area contributed by atoms with Gasteiger partial charge in [-0.3, -0.25) is 14.4 Å². The minimum absolute atomic E-state index is 0.00614. The fraction of sp³-hybridized carbons (Fsp3) is 0.682. The van der Waals surface area contributed by atoms with Gasteiger partial charge in [-0.25, -0.2) is 4.79 Å². The van der Waals surface area contributed by atoms with E-state index in [0.29, 0.717) is 5.76 Å². The Morgan fingerprint density at radius 1 is 1.03 bits per heavy atom. The van der Waals surface area contributed by atoms with Crippen LogP contribution in [-0.2, 0) is 14.3 Å². The molecular formula is C22H37N5O6. The minimum atomic E-state index is -1.19. The number of hydrogen-bond acceptors (Lipinski definition) is 7. The molecule has 1 aromatic heterocycles.